The van der Waals surface area contributed by atoms with Crippen LogP contribution in [0.25, 0.3) is 0 Å². The number of unbranched alkanes of at least 4 members (excludes halogenated alkanes) is 2. The van der Waals surface area contributed by atoms with Gasteiger partial charge < -0.3 is 0 Å². The lowest BCUT2D eigenvalue weighted by Gasteiger charge is -2.09. The minimum atomic E-state index is -0.675. The molecule has 1 atom stereocenters. The summed E-state index contributed by atoms with van der Waals surface area (Å²) in [6.45, 7) is 2.12. The molecule has 15 heavy (non-hydrogen) atoms. The molecule has 0 aliphatic heterocycles. The summed E-state index contributed by atoms with van der Waals surface area (Å²) >= 11 is 11.6. The highest BCUT2D eigenvalue weighted by Gasteiger charge is 2.10. The second kappa shape index (κ2) is 6.37. The Labute approximate surface area is 101 Å². The van der Waals surface area contributed by atoms with E-state index < -0.39 is 6.10 Å². The fraction of sp³-hybridized carbons (Fsp3) is 0.500. The van der Waals surface area contributed by atoms with Gasteiger partial charge >= 0.3 is 0 Å². The molecule has 0 fully saturated rings. The molecule has 1 rings (SSSR count). The van der Waals surface area contributed by atoms with Crippen LogP contribution in [-0.4, -0.2) is 0 Å². The van der Waals surface area contributed by atoms with Crippen molar-refractivity contribution in [2.75, 3.05) is 0 Å². The fourth-order valence-electron chi connectivity index (χ4n) is 1.46. The Kier molecular flexibility index (Phi) is 5.44. The highest BCUT2D eigenvalue weighted by atomic mass is 35.5. The van der Waals surface area contributed by atoms with Gasteiger partial charge in [-0.3, -0.25) is 0 Å². The minimum absolute atomic E-state index is 0.463. The molecule has 3 heteroatoms. The maximum Gasteiger partial charge on any atom is 0.118 e. The van der Waals surface area contributed by atoms with E-state index in [9.17, 15) is 5.11 Å². The van der Waals surface area contributed by atoms with Crippen LogP contribution in [0, 0.1) is 0 Å². The zero-order valence-electron chi connectivity index (χ0n) is 8.80. The summed E-state index contributed by atoms with van der Waals surface area (Å²) in [5.74, 6) is 0. The van der Waals surface area contributed by atoms with Crippen molar-refractivity contribution in [1.29, 1.82) is 0 Å². The van der Waals surface area contributed by atoms with Gasteiger partial charge in [-0.2, -0.15) is 0 Å². The molecule has 0 aromatic heterocycles. The van der Waals surface area contributed by atoms with E-state index in [4.69, 9.17) is 23.2 Å². The third kappa shape index (κ3) is 4.02. The van der Waals surface area contributed by atoms with Gasteiger partial charge in [0.05, 0.1) is 10.0 Å². The maximum absolute atomic E-state index is 11.8. The summed E-state index contributed by atoms with van der Waals surface area (Å²) in [5, 5.41) is 12.7. The van der Waals surface area contributed by atoms with E-state index in [-0.39, 0.29) is 0 Å². The maximum atomic E-state index is 11.8. The van der Waals surface area contributed by atoms with Gasteiger partial charge in [-0.05, 0) is 24.1 Å². The zero-order valence-corrected chi connectivity index (χ0v) is 10.3. The average molecular weight is 246 g/mol. The molecule has 0 heterocycles. The molecule has 0 aliphatic rings. The monoisotopic (exact) mass is 245 g/mol. The molecule has 0 spiro atoms. The predicted octanol–water partition coefficient (Wildman–Crippen LogP) is 5.05. The van der Waals surface area contributed by atoms with Crippen molar-refractivity contribution in [1.82, 2.24) is 0 Å². The van der Waals surface area contributed by atoms with Crippen LogP contribution in [0.5, 0.6) is 0 Å². The SMILES string of the molecule is CCCCCC([O])c1ccc(Cl)c(Cl)c1. The van der Waals surface area contributed by atoms with E-state index in [1.165, 1.54) is 0 Å². The van der Waals surface area contributed by atoms with Crippen molar-refractivity contribution >= 4 is 23.2 Å². The van der Waals surface area contributed by atoms with Crippen molar-refractivity contribution < 1.29 is 5.11 Å². The summed E-state index contributed by atoms with van der Waals surface area (Å²) in [6.07, 6.45) is 3.22. The summed E-state index contributed by atoms with van der Waals surface area (Å²) < 4.78 is 0. The first-order chi connectivity index (χ1) is 7.15. The van der Waals surface area contributed by atoms with Gasteiger partial charge in [-0.25, -0.2) is 5.11 Å². The van der Waals surface area contributed by atoms with Crippen molar-refractivity contribution in [3.8, 4) is 0 Å². The van der Waals surface area contributed by atoms with Crippen molar-refractivity contribution in [3.05, 3.63) is 33.8 Å². The molecule has 1 nitrogen and oxygen atoms in total. The van der Waals surface area contributed by atoms with Crippen LogP contribution < -0.4 is 0 Å². The van der Waals surface area contributed by atoms with Crippen molar-refractivity contribution in [3.63, 3.8) is 0 Å². The first kappa shape index (κ1) is 12.8. The van der Waals surface area contributed by atoms with Crippen molar-refractivity contribution in [2.45, 2.75) is 38.7 Å². The number of hydrogen-bond donors (Lipinski definition) is 0. The standard InChI is InChI=1S/C12H15Cl2O/c1-2-3-4-5-12(15)9-6-7-10(13)11(14)8-9/h6-8,12H,2-5H2,1H3. The molecule has 1 radical (unpaired) electrons. The molecule has 1 unspecified atom stereocenters. The Balaban J connectivity index is 2.57. The topological polar surface area (TPSA) is 19.9 Å². The lowest BCUT2D eigenvalue weighted by atomic mass is 10.0. The molecule has 1 aromatic carbocycles. The average Bonchev–Trinajstić information content (AvgIpc) is 2.22. The van der Waals surface area contributed by atoms with Crippen LogP contribution in [0.15, 0.2) is 18.2 Å². The molecule has 0 bridgehead atoms. The third-order valence-electron chi connectivity index (χ3n) is 2.39. The molecule has 0 saturated carbocycles. The van der Waals surface area contributed by atoms with Gasteiger partial charge in [0.2, 0.25) is 0 Å². The van der Waals surface area contributed by atoms with Crippen LogP contribution in [0.2, 0.25) is 10.0 Å². The predicted molar refractivity (Wildman–Crippen MR) is 64.0 cm³/mol. The summed E-state index contributed by atoms with van der Waals surface area (Å²) in [5.41, 5.74) is 0.737. The van der Waals surface area contributed by atoms with E-state index in [2.05, 4.69) is 6.92 Å². The molecule has 0 N–H and O–H groups in total. The number of rotatable bonds is 5. The summed E-state index contributed by atoms with van der Waals surface area (Å²) in [6, 6.07) is 5.12. The highest BCUT2D eigenvalue weighted by Crippen LogP contribution is 2.28. The molecular formula is C12H15Cl2O. The number of benzene rings is 1. The van der Waals surface area contributed by atoms with Gasteiger partial charge in [-0.15, -0.1) is 0 Å². The molecule has 83 valence electrons. The Morgan fingerprint density at radius 3 is 2.53 bits per heavy atom. The largest absolute Gasteiger partial charge is 0.228 e. The quantitative estimate of drug-likeness (QED) is 0.648. The van der Waals surface area contributed by atoms with Crippen LogP contribution in [-0.2, 0) is 5.11 Å². The highest BCUT2D eigenvalue weighted by molar-refractivity contribution is 6.42. The van der Waals surface area contributed by atoms with Crippen LogP contribution >= 0.6 is 23.2 Å². The second-order valence-electron chi connectivity index (χ2n) is 3.66. The van der Waals surface area contributed by atoms with Crippen LogP contribution in [0.4, 0.5) is 0 Å². The third-order valence-corrected chi connectivity index (χ3v) is 3.12. The van der Waals surface area contributed by atoms with E-state index in [1.54, 1.807) is 18.2 Å². The van der Waals surface area contributed by atoms with E-state index in [0.717, 1.165) is 24.8 Å². The lowest BCUT2D eigenvalue weighted by Crippen LogP contribution is -1.95. The smallest absolute Gasteiger partial charge is 0.118 e. The molecular weight excluding hydrogens is 231 g/mol. The van der Waals surface area contributed by atoms with Gasteiger partial charge in [0.1, 0.15) is 6.10 Å². The normalized spacial score (nSPS) is 12.8. The van der Waals surface area contributed by atoms with E-state index in [1.807, 2.05) is 0 Å². The first-order valence-corrected chi connectivity index (χ1v) is 6.01. The Morgan fingerprint density at radius 1 is 1.20 bits per heavy atom. The van der Waals surface area contributed by atoms with Gasteiger partial charge in [0.25, 0.3) is 0 Å². The molecule has 0 aliphatic carbocycles. The van der Waals surface area contributed by atoms with Gasteiger partial charge in [-0.1, -0.05) is 55.5 Å². The number of hydrogen-bond acceptors (Lipinski definition) is 0. The summed E-state index contributed by atoms with van der Waals surface area (Å²) in [4.78, 5) is 0. The van der Waals surface area contributed by atoms with Crippen molar-refractivity contribution in [2.24, 2.45) is 0 Å². The number of halogens is 2. The lowest BCUT2D eigenvalue weighted by molar-refractivity contribution is 0.0787. The zero-order chi connectivity index (χ0) is 11.3. The van der Waals surface area contributed by atoms with Gasteiger partial charge in [0.15, 0.2) is 0 Å². The Hall–Kier alpha value is -0.240. The van der Waals surface area contributed by atoms with E-state index >= 15 is 0 Å². The molecule has 1 aromatic rings. The molecule has 0 saturated heterocycles. The second-order valence-corrected chi connectivity index (χ2v) is 4.47. The Morgan fingerprint density at radius 2 is 1.93 bits per heavy atom. The van der Waals surface area contributed by atoms with Gasteiger partial charge in [0, 0.05) is 0 Å². The van der Waals surface area contributed by atoms with Crippen LogP contribution in [0.3, 0.4) is 0 Å². The molecule has 0 amide bonds. The fourth-order valence-corrected chi connectivity index (χ4v) is 1.77. The summed E-state index contributed by atoms with van der Waals surface area (Å²) in [7, 11) is 0. The minimum Gasteiger partial charge on any atom is -0.228 e. The Bertz CT molecular complexity index is 312. The van der Waals surface area contributed by atoms with E-state index in [0.29, 0.717) is 16.5 Å². The first-order valence-electron chi connectivity index (χ1n) is 5.26. The van der Waals surface area contributed by atoms with Crippen LogP contribution in [0.1, 0.15) is 44.3 Å².